The van der Waals surface area contributed by atoms with Crippen LogP contribution in [0.1, 0.15) is 27.9 Å². The summed E-state index contributed by atoms with van der Waals surface area (Å²) in [6, 6.07) is 18.2. The minimum Gasteiger partial charge on any atom is -0.488 e. The molecule has 0 saturated carbocycles. The number of hydrogen-bond acceptors (Lipinski definition) is 2. The van der Waals surface area contributed by atoms with Crippen molar-refractivity contribution < 1.29 is 22.3 Å². The highest BCUT2D eigenvalue weighted by atomic mass is 19.4. The molecular weight excluding hydrogens is 454 g/mol. The number of aromatic nitrogens is 1. The number of alkyl halides is 3. The molecule has 0 amide bonds. The van der Waals surface area contributed by atoms with E-state index in [4.69, 9.17) is 4.74 Å². The molecule has 2 nitrogen and oxygen atoms in total. The average Bonchev–Trinajstić information content (AvgIpc) is 2.86. The number of pyridine rings is 1. The monoisotopic (exact) mass is 479 g/mol. The largest absolute Gasteiger partial charge is 0.488 e. The topological polar surface area (TPSA) is 22.1 Å². The summed E-state index contributed by atoms with van der Waals surface area (Å²) in [6.07, 6.45) is 1.41. The summed E-state index contributed by atoms with van der Waals surface area (Å²) in [5.74, 6) is 0.418. The van der Waals surface area contributed by atoms with Crippen molar-refractivity contribution in [3.05, 3.63) is 119 Å². The van der Waals surface area contributed by atoms with Crippen molar-refractivity contribution in [2.45, 2.75) is 31.9 Å². The second kappa shape index (κ2) is 10.7. The maximum atomic E-state index is 15.1. The van der Waals surface area contributed by atoms with E-state index in [9.17, 15) is 13.2 Å². The summed E-state index contributed by atoms with van der Waals surface area (Å²) >= 11 is 0. The number of rotatable bonds is 9. The molecule has 1 heterocycles. The number of halogens is 4. The van der Waals surface area contributed by atoms with E-state index in [0.717, 1.165) is 47.2 Å². The van der Waals surface area contributed by atoms with Crippen LogP contribution in [0.15, 0.2) is 85.6 Å². The van der Waals surface area contributed by atoms with Gasteiger partial charge in [-0.2, -0.15) is 13.2 Å². The predicted molar refractivity (Wildman–Crippen MR) is 130 cm³/mol. The molecule has 0 aliphatic heterocycles. The number of benzene rings is 3. The third kappa shape index (κ3) is 6.27. The number of aryl methyl sites for hydroxylation is 4. The van der Waals surface area contributed by atoms with E-state index in [1.165, 1.54) is 12.1 Å². The van der Waals surface area contributed by atoms with Crippen LogP contribution in [0.4, 0.5) is 17.6 Å². The van der Waals surface area contributed by atoms with Crippen LogP contribution in [0.5, 0.6) is 5.75 Å². The Hall–Kier alpha value is -3.67. The van der Waals surface area contributed by atoms with Crippen molar-refractivity contribution in [3.63, 3.8) is 0 Å². The van der Waals surface area contributed by atoms with Gasteiger partial charge in [0.05, 0.1) is 11.8 Å². The first-order valence-corrected chi connectivity index (χ1v) is 11.4. The van der Waals surface area contributed by atoms with Crippen LogP contribution in [0.3, 0.4) is 0 Å². The third-order valence-electron chi connectivity index (χ3n) is 5.90. The summed E-state index contributed by atoms with van der Waals surface area (Å²) in [5.41, 5.74) is 2.64. The van der Waals surface area contributed by atoms with Gasteiger partial charge in [-0.05, 0) is 72.0 Å². The normalized spacial score (nSPS) is 11.5. The molecule has 0 atom stereocenters. The fraction of sp³-hybridized carbons (Fsp3) is 0.207. The molecule has 35 heavy (non-hydrogen) atoms. The van der Waals surface area contributed by atoms with E-state index in [2.05, 4.69) is 11.6 Å². The Labute approximate surface area is 201 Å². The highest BCUT2D eigenvalue weighted by Crippen LogP contribution is 2.29. The van der Waals surface area contributed by atoms with Crippen LogP contribution in [-0.2, 0) is 31.9 Å². The zero-order chi connectivity index (χ0) is 24.8. The zero-order valence-electron chi connectivity index (χ0n) is 19.1. The van der Waals surface area contributed by atoms with Gasteiger partial charge < -0.3 is 4.74 Å². The molecule has 0 saturated heterocycles. The summed E-state index contributed by atoms with van der Waals surface area (Å²) < 4.78 is 58.7. The van der Waals surface area contributed by atoms with Gasteiger partial charge in [-0.3, -0.25) is 4.98 Å². The summed E-state index contributed by atoms with van der Waals surface area (Å²) in [6.45, 7) is 4.05. The van der Waals surface area contributed by atoms with Crippen molar-refractivity contribution in [1.82, 2.24) is 4.98 Å². The Morgan fingerprint density at radius 3 is 2.26 bits per heavy atom. The van der Waals surface area contributed by atoms with Gasteiger partial charge in [0.2, 0.25) is 0 Å². The maximum Gasteiger partial charge on any atom is 0.416 e. The summed E-state index contributed by atoms with van der Waals surface area (Å²) in [4.78, 5) is 4.42. The van der Waals surface area contributed by atoms with E-state index < -0.39 is 11.7 Å². The lowest BCUT2D eigenvalue weighted by molar-refractivity contribution is -0.137. The van der Waals surface area contributed by atoms with Gasteiger partial charge >= 0.3 is 6.18 Å². The number of nitrogens with zero attached hydrogens (tertiary/aromatic N) is 1. The van der Waals surface area contributed by atoms with Crippen LogP contribution < -0.4 is 4.74 Å². The average molecular weight is 480 g/mol. The van der Waals surface area contributed by atoms with Crippen LogP contribution in [-0.4, -0.2) is 11.6 Å². The Morgan fingerprint density at radius 2 is 1.57 bits per heavy atom. The molecule has 0 N–H and O–H groups in total. The molecule has 0 aliphatic carbocycles. The zero-order valence-corrected chi connectivity index (χ0v) is 19.1. The quantitative estimate of drug-likeness (QED) is 0.183. The summed E-state index contributed by atoms with van der Waals surface area (Å²) in [7, 11) is 0. The first-order valence-electron chi connectivity index (χ1n) is 11.4. The second-order valence-electron chi connectivity index (χ2n) is 8.37. The van der Waals surface area contributed by atoms with Crippen molar-refractivity contribution >= 4 is 10.8 Å². The Morgan fingerprint density at radius 1 is 0.829 bits per heavy atom. The molecule has 0 fully saturated rings. The Kier molecular flexibility index (Phi) is 7.49. The van der Waals surface area contributed by atoms with E-state index in [-0.39, 0.29) is 5.82 Å². The van der Waals surface area contributed by atoms with Crippen molar-refractivity contribution in [2.75, 3.05) is 6.61 Å². The molecule has 1 aromatic heterocycles. The molecule has 3 aromatic carbocycles. The van der Waals surface area contributed by atoms with E-state index in [0.29, 0.717) is 36.1 Å². The van der Waals surface area contributed by atoms with Gasteiger partial charge in [-0.15, -0.1) is 0 Å². The highest BCUT2D eigenvalue weighted by Gasteiger charge is 2.29. The van der Waals surface area contributed by atoms with Crippen LogP contribution in [0, 0.1) is 5.82 Å². The molecule has 0 unspecified atom stereocenters. The van der Waals surface area contributed by atoms with E-state index in [1.54, 1.807) is 24.4 Å². The van der Waals surface area contributed by atoms with Crippen LogP contribution >= 0.6 is 0 Å². The molecule has 0 aliphatic rings. The number of ether oxygens (including phenoxy) is 1. The molecule has 4 rings (SSSR count). The van der Waals surface area contributed by atoms with Gasteiger partial charge in [-0.1, -0.05) is 55.1 Å². The first kappa shape index (κ1) is 24.5. The van der Waals surface area contributed by atoms with Crippen LogP contribution in [0.25, 0.3) is 10.8 Å². The Balaban J connectivity index is 1.39. The lowest BCUT2D eigenvalue weighted by Crippen LogP contribution is -2.04. The number of fused-ring (bicyclic) bond motifs is 1. The highest BCUT2D eigenvalue weighted by molar-refractivity contribution is 5.84. The minimum atomic E-state index is -4.36. The molecule has 4 aromatic rings. The van der Waals surface area contributed by atoms with Crippen molar-refractivity contribution in [2.24, 2.45) is 0 Å². The molecule has 0 spiro atoms. The molecule has 0 bridgehead atoms. The molecular formula is C29H25F4NO. The second-order valence-corrected chi connectivity index (χ2v) is 8.37. The van der Waals surface area contributed by atoms with Crippen molar-refractivity contribution in [3.8, 4) is 5.75 Å². The molecule has 180 valence electrons. The fourth-order valence-electron chi connectivity index (χ4n) is 3.95. The lowest BCUT2D eigenvalue weighted by Gasteiger charge is -2.10. The van der Waals surface area contributed by atoms with E-state index >= 15 is 4.39 Å². The van der Waals surface area contributed by atoms with Crippen molar-refractivity contribution in [1.29, 1.82) is 0 Å². The van der Waals surface area contributed by atoms with Gasteiger partial charge in [0.1, 0.15) is 18.2 Å². The smallest absolute Gasteiger partial charge is 0.416 e. The van der Waals surface area contributed by atoms with Gasteiger partial charge in [0.25, 0.3) is 0 Å². The third-order valence-corrected chi connectivity index (χ3v) is 5.90. The lowest BCUT2D eigenvalue weighted by atomic mass is 9.97. The summed E-state index contributed by atoms with van der Waals surface area (Å²) in [5, 5.41) is 1.36. The van der Waals surface area contributed by atoms with Gasteiger partial charge in [0, 0.05) is 11.1 Å². The predicted octanol–water partition coefficient (Wildman–Crippen LogP) is 7.53. The maximum absolute atomic E-state index is 15.1. The van der Waals surface area contributed by atoms with Gasteiger partial charge in [-0.25, -0.2) is 4.39 Å². The SMILES string of the molecule is C=CCOc1ccc(CCc2ccc3c(F)c(CCc4ccc(C(F)(F)F)cc4)ccc3c2)nc1. The Bertz CT molecular complexity index is 1300. The fourth-order valence-corrected chi connectivity index (χ4v) is 3.95. The van der Waals surface area contributed by atoms with Crippen LogP contribution in [0.2, 0.25) is 0 Å². The van der Waals surface area contributed by atoms with E-state index in [1.807, 2.05) is 30.3 Å². The molecule has 6 heteroatoms. The minimum absolute atomic E-state index is 0.280. The van der Waals surface area contributed by atoms with Gasteiger partial charge in [0.15, 0.2) is 0 Å². The molecule has 0 radical (unpaired) electrons. The number of hydrogen-bond donors (Lipinski definition) is 0. The standard InChI is InChI=1S/C29H25F4NO/c1-2-17-35-26-15-14-25(34-19-26)13-6-21-7-16-27-23(18-21)10-9-22(28(27)30)8-3-20-4-11-24(12-5-20)29(31,32)33/h2,4-5,7,9-12,14-16,18-19H,1,3,6,8,13,17H2. The first-order chi connectivity index (χ1) is 16.8.